The van der Waals surface area contributed by atoms with Gasteiger partial charge in [0.1, 0.15) is 0 Å². The zero-order valence-electron chi connectivity index (χ0n) is 12.6. The van der Waals surface area contributed by atoms with Gasteiger partial charge in [0.25, 0.3) is 0 Å². The average molecular weight is 266 g/mol. The smallest absolute Gasteiger partial charge is 0.191 e. The minimum atomic E-state index is 0.715. The van der Waals surface area contributed by atoms with Gasteiger partial charge in [0.2, 0.25) is 0 Å². The Hall–Kier alpha value is -0.770. The number of piperidine rings is 1. The summed E-state index contributed by atoms with van der Waals surface area (Å²) in [6, 6.07) is 0. The van der Waals surface area contributed by atoms with E-state index in [1.165, 1.54) is 45.3 Å². The maximum atomic E-state index is 6.14. The van der Waals surface area contributed by atoms with E-state index in [2.05, 4.69) is 28.6 Å². The summed E-state index contributed by atoms with van der Waals surface area (Å²) >= 11 is 0. The molecule has 4 nitrogen and oxygen atoms in total. The fourth-order valence-corrected chi connectivity index (χ4v) is 3.30. The minimum Gasteiger partial charge on any atom is -0.370 e. The molecule has 2 saturated heterocycles. The van der Waals surface area contributed by atoms with Crippen molar-refractivity contribution < 1.29 is 0 Å². The standard InChI is InChI=1S/C15H30N4/c1-3-7-18-9-6-14(12-18)10-17-15(16)19-8-4-5-13(2)11-19/h13-14H,3-12H2,1-2H3,(H2,16,17). The lowest BCUT2D eigenvalue weighted by Gasteiger charge is -2.31. The Morgan fingerprint density at radius 3 is 2.84 bits per heavy atom. The molecule has 0 saturated carbocycles. The summed E-state index contributed by atoms with van der Waals surface area (Å²) in [5.41, 5.74) is 6.14. The summed E-state index contributed by atoms with van der Waals surface area (Å²) in [6.45, 7) is 11.3. The summed E-state index contributed by atoms with van der Waals surface area (Å²) in [5.74, 6) is 2.25. The van der Waals surface area contributed by atoms with Crippen LogP contribution in [0, 0.1) is 11.8 Å². The van der Waals surface area contributed by atoms with Crippen LogP contribution in [0.15, 0.2) is 4.99 Å². The van der Waals surface area contributed by atoms with Crippen LogP contribution >= 0.6 is 0 Å². The van der Waals surface area contributed by atoms with Crippen LogP contribution in [-0.4, -0.2) is 55.0 Å². The van der Waals surface area contributed by atoms with Crippen molar-refractivity contribution in [2.24, 2.45) is 22.6 Å². The van der Waals surface area contributed by atoms with E-state index in [1.54, 1.807) is 0 Å². The maximum Gasteiger partial charge on any atom is 0.191 e. The first-order valence-electron chi connectivity index (χ1n) is 7.96. The molecule has 19 heavy (non-hydrogen) atoms. The highest BCUT2D eigenvalue weighted by atomic mass is 15.3. The normalized spacial score (nSPS) is 30.0. The van der Waals surface area contributed by atoms with Crippen molar-refractivity contribution in [1.29, 1.82) is 0 Å². The van der Waals surface area contributed by atoms with Crippen molar-refractivity contribution in [2.45, 2.75) is 39.5 Å². The number of guanidine groups is 1. The first-order valence-corrected chi connectivity index (χ1v) is 7.96. The lowest BCUT2D eigenvalue weighted by atomic mass is 10.0. The molecule has 2 N–H and O–H groups in total. The van der Waals surface area contributed by atoms with Gasteiger partial charge in [-0.15, -0.1) is 0 Å². The van der Waals surface area contributed by atoms with Gasteiger partial charge in [0, 0.05) is 26.2 Å². The second-order valence-electron chi connectivity index (χ2n) is 6.35. The molecular formula is C15H30N4. The van der Waals surface area contributed by atoms with Crippen molar-refractivity contribution in [3.8, 4) is 0 Å². The topological polar surface area (TPSA) is 44.9 Å². The van der Waals surface area contributed by atoms with E-state index in [4.69, 9.17) is 5.73 Å². The quantitative estimate of drug-likeness (QED) is 0.623. The third kappa shape index (κ3) is 4.37. The molecule has 2 rings (SSSR count). The fourth-order valence-electron chi connectivity index (χ4n) is 3.30. The molecule has 2 atom stereocenters. The van der Waals surface area contributed by atoms with Crippen LogP contribution < -0.4 is 5.73 Å². The Kier molecular flexibility index (Phi) is 5.49. The van der Waals surface area contributed by atoms with Gasteiger partial charge in [-0.05, 0) is 50.6 Å². The largest absolute Gasteiger partial charge is 0.370 e. The minimum absolute atomic E-state index is 0.715. The van der Waals surface area contributed by atoms with Crippen molar-refractivity contribution in [2.75, 3.05) is 39.3 Å². The lowest BCUT2D eigenvalue weighted by molar-refractivity contribution is 0.269. The Bertz CT molecular complexity index is 303. The molecule has 0 aromatic rings. The molecule has 0 aromatic carbocycles. The summed E-state index contributed by atoms with van der Waals surface area (Å²) in [7, 11) is 0. The molecular weight excluding hydrogens is 236 g/mol. The van der Waals surface area contributed by atoms with E-state index in [0.29, 0.717) is 5.92 Å². The molecule has 0 aromatic heterocycles. The molecule has 0 spiro atoms. The molecule has 110 valence electrons. The predicted molar refractivity (Wildman–Crippen MR) is 81.3 cm³/mol. The third-order valence-electron chi connectivity index (χ3n) is 4.40. The van der Waals surface area contributed by atoms with E-state index < -0.39 is 0 Å². The molecule has 4 heteroatoms. The summed E-state index contributed by atoms with van der Waals surface area (Å²) in [4.78, 5) is 9.48. The van der Waals surface area contributed by atoms with E-state index in [-0.39, 0.29) is 0 Å². The number of rotatable bonds is 4. The van der Waals surface area contributed by atoms with Crippen LogP contribution in [0.2, 0.25) is 0 Å². The van der Waals surface area contributed by atoms with Gasteiger partial charge in [0.15, 0.2) is 5.96 Å². The Morgan fingerprint density at radius 2 is 2.11 bits per heavy atom. The fraction of sp³-hybridized carbons (Fsp3) is 0.933. The van der Waals surface area contributed by atoms with Crippen LogP contribution in [0.4, 0.5) is 0 Å². The molecule has 0 aliphatic carbocycles. The first kappa shape index (κ1) is 14.6. The molecule has 2 aliphatic heterocycles. The highest BCUT2D eigenvalue weighted by Crippen LogP contribution is 2.18. The highest BCUT2D eigenvalue weighted by molar-refractivity contribution is 5.78. The van der Waals surface area contributed by atoms with Crippen LogP contribution in [-0.2, 0) is 0 Å². The molecule has 2 aliphatic rings. The van der Waals surface area contributed by atoms with Gasteiger partial charge in [-0.1, -0.05) is 13.8 Å². The van der Waals surface area contributed by atoms with E-state index in [0.717, 1.165) is 31.5 Å². The molecule has 2 unspecified atom stereocenters. The summed E-state index contributed by atoms with van der Waals surface area (Å²) in [5, 5.41) is 0. The maximum absolute atomic E-state index is 6.14. The van der Waals surface area contributed by atoms with Gasteiger partial charge >= 0.3 is 0 Å². The Labute approximate surface area is 118 Å². The van der Waals surface area contributed by atoms with E-state index >= 15 is 0 Å². The first-order chi connectivity index (χ1) is 9.19. The zero-order valence-corrected chi connectivity index (χ0v) is 12.6. The molecule has 0 bridgehead atoms. The van der Waals surface area contributed by atoms with Gasteiger partial charge < -0.3 is 15.5 Å². The number of likely N-dealkylation sites (tertiary alicyclic amines) is 2. The molecule has 2 heterocycles. The van der Waals surface area contributed by atoms with Gasteiger partial charge in [-0.3, -0.25) is 4.99 Å². The number of hydrogen-bond donors (Lipinski definition) is 1. The number of nitrogens with two attached hydrogens (primary N) is 1. The molecule has 0 radical (unpaired) electrons. The third-order valence-corrected chi connectivity index (χ3v) is 4.40. The predicted octanol–water partition coefficient (Wildman–Crippen LogP) is 1.76. The van der Waals surface area contributed by atoms with Crippen LogP contribution in [0.3, 0.4) is 0 Å². The highest BCUT2D eigenvalue weighted by Gasteiger charge is 2.22. The van der Waals surface area contributed by atoms with Gasteiger partial charge in [0.05, 0.1) is 0 Å². The second-order valence-corrected chi connectivity index (χ2v) is 6.35. The van der Waals surface area contributed by atoms with Crippen molar-refractivity contribution in [3.63, 3.8) is 0 Å². The lowest BCUT2D eigenvalue weighted by Crippen LogP contribution is -2.43. The van der Waals surface area contributed by atoms with Gasteiger partial charge in [-0.2, -0.15) is 0 Å². The van der Waals surface area contributed by atoms with Crippen LogP contribution in [0.1, 0.15) is 39.5 Å². The van der Waals surface area contributed by atoms with Crippen LogP contribution in [0.5, 0.6) is 0 Å². The van der Waals surface area contributed by atoms with Crippen molar-refractivity contribution in [3.05, 3.63) is 0 Å². The van der Waals surface area contributed by atoms with Crippen molar-refractivity contribution in [1.82, 2.24) is 9.80 Å². The summed E-state index contributed by atoms with van der Waals surface area (Å²) in [6.07, 6.45) is 5.13. The molecule has 2 fully saturated rings. The summed E-state index contributed by atoms with van der Waals surface area (Å²) < 4.78 is 0. The van der Waals surface area contributed by atoms with E-state index in [9.17, 15) is 0 Å². The average Bonchev–Trinajstić information content (AvgIpc) is 2.84. The number of nitrogens with zero attached hydrogens (tertiary/aromatic N) is 3. The number of aliphatic imine (C=N–C) groups is 1. The second kappa shape index (κ2) is 7.13. The Morgan fingerprint density at radius 1 is 1.26 bits per heavy atom. The van der Waals surface area contributed by atoms with Crippen molar-refractivity contribution >= 4 is 5.96 Å². The Balaban J connectivity index is 1.75. The SMILES string of the molecule is CCCN1CCC(CN=C(N)N2CCCC(C)C2)C1. The monoisotopic (exact) mass is 266 g/mol. The molecule has 0 amide bonds. The van der Waals surface area contributed by atoms with E-state index in [1.807, 2.05) is 0 Å². The van der Waals surface area contributed by atoms with Crippen LogP contribution in [0.25, 0.3) is 0 Å². The van der Waals surface area contributed by atoms with Gasteiger partial charge in [-0.25, -0.2) is 0 Å². The zero-order chi connectivity index (χ0) is 13.7. The number of hydrogen-bond acceptors (Lipinski definition) is 2.